The summed E-state index contributed by atoms with van der Waals surface area (Å²) in [4.78, 5) is 4.30. The lowest BCUT2D eigenvalue weighted by Crippen LogP contribution is -2.20. The predicted molar refractivity (Wildman–Crippen MR) is 49.6 cm³/mol. The Kier molecular flexibility index (Phi) is 2.29. The molecule has 0 saturated carbocycles. The first-order chi connectivity index (χ1) is 6.34. The molecule has 2 rings (SSSR count). The van der Waals surface area contributed by atoms with Gasteiger partial charge in [0.1, 0.15) is 11.5 Å². The first kappa shape index (κ1) is 8.29. The number of aliphatic imine (C=N–C) groups is 1. The molecule has 0 spiro atoms. The smallest absolute Gasteiger partial charge is 0.133 e. The Bertz CT molecular complexity index is 316. The lowest BCUT2D eigenvalue weighted by Gasteiger charge is -2.00. The molecule has 2 heterocycles. The number of hydrogen-bond acceptors (Lipinski definition) is 4. The van der Waals surface area contributed by atoms with E-state index in [0.717, 1.165) is 36.8 Å². The second kappa shape index (κ2) is 3.60. The van der Waals surface area contributed by atoms with Crippen molar-refractivity contribution in [1.82, 2.24) is 10.5 Å². The van der Waals surface area contributed by atoms with Crippen molar-refractivity contribution in [2.75, 3.05) is 6.54 Å². The van der Waals surface area contributed by atoms with Crippen molar-refractivity contribution < 1.29 is 4.52 Å². The van der Waals surface area contributed by atoms with Gasteiger partial charge in [0.15, 0.2) is 0 Å². The summed E-state index contributed by atoms with van der Waals surface area (Å²) >= 11 is 0. The van der Waals surface area contributed by atoms with E-state index in [1.54, 1.807) is 0 Å². The molecular formula is C9H13N3O. The van der Waals surface area contributed by atoms with Crippen molar-refractivity contribution in [3.8, 4) is 0 Å². The average Bonchev–Trinajstić information content (AvgIpc) is 2.71. The van der Waals surface area contributed by atoms with Crippen LogP contribution in [0.5, 0.6) is 0 Å². The predicted octanol–water partition coefficient (Wildman–Crippen LogP) is 1.26. The monoisotopic (exact) mass is 179 g/mol. The third kappa shape index (κ3) is 2.08. The first-order valence-electron chi connectivity index (χ1n) is 4.54. The molecule has 13 heavy (non-hydrogen) atoms. The number of nitrogens with one attached hydrogen (secondary N) is 1. The molecule has 4 nitrogen and oxygen atoms in total. The maximum absolute atomic E-state index is 4.95. The summed E-state index contributed by atoms with van der Waals surface area (Å²) in [6.07, 6.45) is 2.23. The molecule has 1 N–H and O–H groups in total. The Labute approximate surface area is 77.0 Å². The number of aryl methyl sites for hydroxylation is 1. The first-order valence-corrected chi connectivity index (χ1v) is 4.54. The van der Waals surface area contributed by atoms with Gasteiger partial charge < -0.3 is 9.84 Å². The molecule has 0 unspecified atom stereocenters. The van der Waals surface area contributed by atoms with Crippen LogP contribution in [-0.2, 0) is 6.54 Å². The van der Waals surface area contributed by atoms with Gasteiger partial charge in [-0.2, -0.15) is 0 Å². The van der Waals surface area contributed by atoms with E-state index < -0.39 is 0 Å². The SMILES string of the molecule is Cc1cc(CNC2=NCCC2)no1. The van der Waals surface area contributed by atoms with Gasteiger partial charge in [0.05, 0.1) is 12.4 Å². The van der Waals surface area contributed by atoms with Crippen LogP contribution in [0.1, 0.15) is 24.3 Å². The summed E-state index contributed by atoms with van der Waals surface area (Å²) in [5.41, 5.74) is 0.937. The van der Waals surface area contributed by atoms with Gasteiger partial charge in [-0.05, 0) is 13.3 Å². The van der Waals surface area contributed by atoms with Gasteiger partial charge in [-0.3, -0.25) is 4.99 Å². The number of hydrogen-bond donors (Lipinski definition) is 1. The van der Waals surface area contributed by atoms with Crippen LogP contribution in [0.3, 0.4) is 0 Å². The van der Waals surface area contributed by atoms with Crippen molar-refractivity contribution in [2.24, 2.45) is 4.99 Å². The topological polar surface area (TPSA) is 50.4 Å². The van der Waals surface area contributed by atoms with Crippen LogP contribution in [0.25, 0.3) is 0 Å². The summed E-state index contributed by atoms with van der Waals surface area (Å²) in [5.74, 6) is 1.95. The number of nitrogens with zero attached hydrogens (tertiary/aromatic N) is 2. The van der Waals surface area contributed by atoms with E-state index in [0.29, 0.717) is 0 Å². The maximum Gasteiger partial charge on any atom is 0.133 e. The molecule has 0 aliphatic carbocycles. The van der Waals surface area contributed by atoms with Crippen molar-refractivity contribution in [3.63, 3.8) is 0 Å². The molecule has 0 saturated heterocycles. The molecule has 1 aliphatic rings. The minimum atomic E-state index is 0.718. The Morgan fingerprint density at radius 1 is 1.62 bits per heavy atom. The zero-order chi connectivity index (χ0) is 9.10. The second-order valence-corrected chi connectivity index (χ2v) is 3.21. The Morgan fingerprint density at radius 2 is 2.54 bits per heavy atom. The van der Waals surface area contributed by atoms with Gasteiger partial charge in [-0.25, -0.2) is 0 Å². The summed E-state index contributed by atoms with van der Waals surface area (Å²) < 4.78 is 4.95. The lowest BCUT2D eigenvalue weighted by atomic mass is 10.3. The van der Waals surface area contributed by atoms with E-state index in [1.165, 1.54) is 6.42 Å². The molecule has 0 bridgehead atoms. The van der Waals surface area contributed by atoms with Gasteiger partial charge in [0.2, 0.25) is 0 Å². The van der Waals surface area contributed by atoms with Crippen LogP contribution < -0.4 is 5.32 Å². The van der Waals surface area contributed by atoms with Crippen molar-refractivity contribution in [2.45, 2.75) is 26.3 Å². The lowest BCUT2D eigenvalue weighted by molar-refractivity contribution is 0.390. The number of aromatic nitrogens is 1. The molecule has 0 radical (unpaired) electrons. The highest BCUT2D eigenvalue weighted by molar-refractivity contribution is 5.83. The van der Waals surface area contributed by atoms with E-state index in [9.17, 15) is 0 Å². The Morgan fingerprint density at radius 3 is 3.15 bits per heavy atom. The van der Waals surface area contributed by atoms with Crippen LogP contribution in [0, 0.1) is 6.92 Å². The molecule has 0 aromatic carbocycles. The molecule has 1 aliphatic heterocycles. The van der Waals surface area contributed by atoms with Gasteiger partial charge in [-0.15, -0.1) is 0 Å². The fourth-order valence-corrected chi connectivity index (χ4v) is 1.38. The largest absolute Gasteiger partial charge is 0.368 e. The van der Waals surface area contributed by atoms with Crippen molar-refractivity contribution >= 4 is 5.84 Å². The van der Waals surface area contributed by atoms with Crippen LogP contribution >= 0.6 is 0 Å². The average molecular weight is 179 g/mol. The van der Waals surface area contributed by atoms with Crippen LogP contribution in [-0.4, -0.2) is 17.5 Å². The third-order valence-corrected chi connectivity index (χ3v) is 2.02. The quantitative estimate of drug-likeness (QED) is 0.743. The molecule has 0 atom stereocenters. The minimum Gasteiger partial charge on any atom is -0.368 e. The van der Waals surface area contributed by atoms with Gasteiger partial charge >= 0.3 is 0 Å². The van der Waals surface area contributed by atoms with E-state index in [4.69, 9.17) is 4.52 Å². The van der Waals surface area contributed by atoms with E-state index in [-0.39, 0.29) is 0 Å². The van der Waals surface area contributed by atoms with Gasteiger partial charge in [0, 0.05) is 19.0 Å². The molecule has 70 valence electrons. The zero-order valence-electron chi connectivity index (χ0n) is 7.71. The fraction of sp³-hybridized carbons (Fsp3) is 0.556. The summed E-state index contributed by atoms with van der Waals surface area (Å²) in [5, 5.41) is 7.12. The number of amidine groups is 1. The fourth-order valence-electron chi connectivity index (χ4n) is 1.38. The van der Waals surface area contributed by atoms with Gasteiger partial charge in [-0.1, -0.05) is 5.16 Å². The normalized spacial score (nSPS) is 15.9. The molecule has 4 heteroatoms. The summed E-state index contributed by atoms with van der Waals surface area (Å²) in [6, 6.07) is 1.93. The van der Waals surface area contributed by atoms with Crippen molar-refractivity contribution in [1.29, 1.82) is 0 Å². The zero-order valence-corrected chi connectivity index (χ0v) is 7.71. The second-order valence-electron chi connectivity index (χ2n) is 3.21. The highest BCUT2D eigenvalue weighted by Crippen LogP contribution is 2.04. The standard InChI is InChI=1S/C9H13N3O/c1-7-5-8(12-13-7)6-11-9-3-2-4-10-9/h5H,2-4,6H2,1H3,(H,10,11). The molecule has 1 aromatic heterocycles. The van der Waals surface area contributed by atoms with Crippen molar-refractivity contribution in [3.05, 3.63) is 17.5 Å². The molecule has 1 aromatic rings. The minimum absolute atomic E-state index is 0.718. The third-order valence-electron chi connectivity index (χ3n) is 2.02. The summed E-state index contributed by atoms with van der Waals surface area (Å²) in [7, 11) is 0. The van der Waals surface area contributed by atoms with Crippen LogP contribution in [0.15, 0.2) is 15.6 Å². The maximum atomic E-state index is 4.95. The van der Waals surface area contributed by atoms with Crippen LogP contribution in [0.2, 0.25) is 0 Å². The number of rotatable bonds is 2. The Hall–Kier alpha value is -1.32. The molecular weight excluding hydrogens is 166 g/mol. The highest BCUT2D eigenvalue weighted by atomic mass is 16.5. The Balaban J connectivity index is 1.85. The summed E-state index contributed by atoms with van der Waals surface area (Å²) in [6.45, 7) is 3.57. The highest BCUT2D eigenvalue weighted by Gasteiger charge is 2.06. The molecule has 0 fully saturated rings. The van der Waals surface area contributed by atoms with E-state index >= 15 is 0 Å². The molecule has 0 amide bonds. The van der Waals surface area contributed by atoms with Gasteiger partial charge in [0.25, 0.3) is 0 Å². The van der Waals surface area contributed by atoms with E-state index in [1.807, 2.05) is 13.0 Å². The van der Waals surface area contributed by atoms with Crippen LogP contribution in [0.4, 0.5) is 0 Å². The van der Waals surface area contributed by atoms with E-state index in [2.05, 4.69) is 15.5 Å².